The maximum Gasteiger partial charge on any atom is 0.262 e. The molecule has 1 heterocycles. The standard InChI is InChI=1S/C18H19NO2/c1-11-4-5-14(10-12(11)2)17-9-8-16(13(3)20)18(21)19(17)15-6-7-15/h4-5,8-10,15H,6-7H2,1-3H3. The molecule has 0 amide bonds. The molecule has 3 heteroatoms. The first kappa shape index (κ1) is 13.8. The first-order valence-corrected chi connectivity index (χ1v) is 7.33. The lowest BCUT2D eigenvalue weighted by Crippen LogP contribution is -2.26. The summed E-state index contributed by atoms with van der Waals surface area (Å²) >= 11 is 0. The number of benzene rings is 1. The fourth-order valence-electron chi connectivity index (χ4n) is 2.65. The molecule has 0 N–H and O–H groups in total. The Morgan fingerprint density at radius 1 is 1.10 bits per heavy atom. The molecule has 0 radical (unpaired) electrons. The second kappa shape index (κ2) is 4.99. The van der Waals surface area contributed by atoms with Crippen molar-refractivity contribution >= 4 is 5.78 Å². The second-order valence-electron chi connectivity index (χ2n) is 5.89. The fourth-order valence-corrected chi connectivity index (χ4v) is 2.65. The summed E-state index contributed by atoms with van der Waals surface area (Å²) in [5, 5.41) is 0. The Labute approximate surface area is 124 Å². The minimum Gasteiger partial charge on any atom is -0.305 e. The van der Waals surface area contributed by atoms with E-state index >= 15 is 0 Å². The molecule has 2 aromatic rings. The van der Waals surface area contributed by atoms with Crippen molar-refractivity contribution in [1.82, 2.24) is 4.57 Å². The monoisotopic (exact) mass is 281 g/mol. The third-order valence-electron chi connectivity index (χ3n) is 4.21. The quantitative estimate of drug-likeness (QED) is 0.805. The SMILES string of the molecule is CC(=O)c1ccc(-c2ccc(C)c(C)c2)n(C2CC2)c1=O. The molecular weight excluding hydrogens is 262 g/mol. The van der Waals surface area contributed by atoms with Gasteiger partial charge in [-0.1, -0.05) is 12.1 Å². The molecule has 0 unspecified atom stereocenters. The summed E-state index contributed by atoms with van der Waals surface area (Å²) < 4.78 is 1.81. The van der Waals surface area contributed by atoms with Crippen LogP contribution in [0.2, 0.25) is 0 Å². The number of carbonyl (C=O) groups excluding carboxylic acids is 1. The molecule has 0 atom stereocenters. The summed E-state index contributed by atoms with van der Waals surface area (Å²) in [6.45, 7) is 5.60. The summed E-state index contributed by atoms with van der Waals surface area (Å²) in [6, 6.07) is 10.0. The van der Waals surface area contributed by atoms with Crippen LogP contribution in [0.5, 0.6) is 0 Å². The van der Waals surface area contributed by atoms with Crippen LogP contribution < -0.4 is 5.56 Å². The number of hydrogen-bond acceptors (Lipinski definition) is 2. The van der Waals surface area contributed by atoms with E-state index in [9.17, 15) is 9.59 Å². The molecular formula is C18H19NO2. The van der Waals surface area contributed by atoms with Crippen molar-refractivity contribution in [1.29, 1.82) is 0 Å². The molecule has 1 aliphatic carbocycles. The minimum atomic E-state index is -0.166. The molecule has 3 rings (SSSR count). The van der Waals surface area contributed by atoms with Crippen molar-refractivity contribution in [3.63, 3.8) is 0 Å². The Hall–Kier alpha value is -2.16. The molecule has 21 heavy (non-hydrogen) atoms. The highest BCUT2D eigenvalue weighted by Gasteiger charge is 2.28. The average molecular weight is 281 g/mol. The van der Waals surface area contributed by atoms with Gasteiger partial charge in [0, 0.05) is 6.04 Å². The number of aromatic nitrogens is 1. The lowest BCUT2D eigenvalue weighted by molar-refractivity contribution is 0.101. The van der Waals surface area contributed by atoms with Gasteiger partial charge in [0.2, 0.25) is 0 Å². The van der Waals surface area contributed by atoms with Crippen LogP contribution in [0, 0.1) is 13.8 Å². The van der Waals surface area contributed by atoms with Crippen LogP contribution in [-0.2, 0) is 0 Å². The highest BCUT2D eigenvalue weighted by atomic mass is 16.1. The van der Waals surface area contributed by atoms with Gasteiger partial charge < -0.3 is 4.57 Å². The normalized spacial score (nSPS) is 14.2. The molecule has 1 aromatic heterocycles. The molecule has 1 aromatic carbocycles. The van der Waals surface area contributed by atoms with Crippen molar-refractivity contribution in [3.05, 3.63) is 57.4 Å². The van der Waals surface area contributed by atoms with Crippen molar-refractivity contribution in [3.8, 4) is 11.3 Å². The van der Waals surface area contributed by atoms with Crippen molar-refractivity contribution in [2.45, 2.75) is 39.7 Å². The van der Waals surface area contributed by atoms with Crippen LogP contribution in [0.4, 0.5) is 0 Å². The van der Waals surface area contributed by atoms with E-state index in [2.05, 4.69) is 26.0 Å². The Morgan fingerprint density at radius 2 is 1.81 bits per heavy atom. The van der Waals surface area contributed by atoms with E-state index in [1.165, 1.54) is 18.1 Å². The molecule has 0 aliphatic heterocycles. The van der Waals surface area contributed by atoms with Gasteiger partial charge in [-0.05, 0) is 68.5 Å². The Balaban J connectivity index is 2.23. The van der Waals surface area contributed by atoms with Gasteiger partial charge in [0.05, 0.1) is 11.3 Å². The molecule has 3 nitrogen and oxygen atoms in total. The summed E-state index contributed by atoms with van der Waals surface area (Å²) in [5.74, 6) is -0.166. The maximum atomic E-state index is 12.6. The van der Waals surface area contributed by atoms with Gasteiger partial charge >= 0.3 is 0 Å². The van der Waals surface area contributed by atoms with Crippen LogP contribution in [0.3, 0.4) is 0 Å². The molecule has 1 aliphatic rings. The predicted octanol–water partition coefficient (Wildman–Crippen LogP) is 3.67. The average Bonchev–Trinajstić information content (AvgIpc) is 3.25. The fraction of sp³-hybridized carbons (Fsp3) is 0.333. The van der Waals surface area contributed by atoms with Crippen LogP contribution >= 0.6 is 0 Å². The zero-order chi connectivity index (χ0) is 15.1. The summed E-state index contributed by atoms with van der Waals surface area (Å²) in [5.41, 5.74) is 4.53. The van der Waals surface area contributed by atoms with E-state index in [1.54, 1.807) is 10.6 Å². The van der Waals surface area contributed by atoms with Gasteiger partial charge in [-0.25, -0.2) is 0 Å². The smallest absolute Gasteiger partial charge is 0.262 e. The number of pyridine rings is 1. The third-order valence-corrected chi connectivity index (χ3v) is 4.21. The van der Waals surface area contributed by atoms with Crippen LogP contribution in [0.1, 0.15) is 47.3 Å². The van der Waals surface area contributed by atoms with Gasteiger partial charge in [-0.3, -0.25) is 9.59 Å². The van der Waals surface area contributed by atoms with E-state index in [-0.39, 0.29) is 22.9 Å². The van der Waals surface area contributed by atoms with Crippen molar-refractivity contribution in [2.24, 2.45) is 0 Å². The van der Waals surface area contributed by atoms with E-state index in [0.29, 0.717) is 0 Å². The third kappa shape index (κ3) is 2.44. The first-order valence-electron chi connectivity index (χ1n) is 7.33. The van der Waals surface area contributed by atoms with Crippen molar-refractivity contribution in [2.75, 3.05) is 0 Å². The Morgan fingerprint density at radius 3 is 2.38 bits per heavy atom. The molecule has 0 spiro atoms. The van der Waals surface area contributed by atoms with E-state index in [1.807, 2.05) is 12.1 Å². The van der Waals surface area contributed by atoms with Gasteiger partial charge in [0.25, 0.3) is 5.56 Å². The lowest BCUT2D eigenvalue weighted by Gasteiger charge is -2.14. The highest BCUT2D eigenvalue weighted by Crippen LogP contribution is 2.37. The van der Waals surface area contributed by atoms with Crippen LogP contribution in [-0.4, -0.2) is 10.4 Å². The van der Waals surface area contributed by atoms with E-state index < -0.39 is 0 Å². The molecule has 1 saturated carbocycles. The van der Waals surface area contributed by atoms with Crippen LogP contribution in [0.25, 0.3) is 11.3 Å². The number of rotatable bonds is 3. The number of carbonyl (C=O) groups is 1. The molecule has 108 valence electrons. The van der Waals surface area contributed by atoms with Crippen LogP contribution in [0.15, 0.2) is 35.1 Å². The number of aryl methyl sites for hydroxylation is 2. The van der Waals surface area contributed by atoms with Gasteiger partial charge in [-0.15, -0.1) is 0 Å². The highest BCUT2D eigenvalue weighted by molar-refractivity contribution is 5.94. The number of ketones is 1. The summed E-state index contributed by atoms with van der Waals surface area (Å²) in [7, 11) is 0. The van der Waals surface area contributed by atoms with E-state index in [0.717, 1.165) is 24.1 Å². The number of Topliss-reactive ketones (excluding diaryl/α,β-unsaturated/α-hetero) is 1. The molecule has 1 fully saturated rings. The maximum absolute atomic E-state index is 12.6. The largest absolute Gasteiger partial charge is 0.305 e. The molecule has 0 saturated heterocycles. The van der Waals surface area contributed by atoms with Crippen molar-refractivity contribution < 1.29 is 4.79 Å². The predicted molar refractivity (Wildman–Crippen MR) is 83.9 cm³/mol. The summed E-state index contributed by atoms with van der Waals surface area (Å²) in [6.07, 6.45) is 2.03. The molecule has 0 bridgehead atoms. The summed E-state index contributed by atoms with van der Waals surface area (Å²) in [4.78, 5) is 24.2. The lowest BCUT2D eigenvalue weighted by atomic mass is 10.0. The minimum absolute atomic E-state index is 0.152. The van der Waals surface area contributed by atoms with Gasteiger partial charge in [-0.2, -0.15) is 0 Å². The number of nitrogens with zero attached hydrogens (tertiary/aromatic N) is 1. The van der Waals surface area contributed by atoms with Gasteiger partial charge in [0.1, 0.15) is 0 Å². The van der Waals surface area contributed by atoms with E-state index in [4.69, 9.17) is 0 Å². The Kier molecular flexibility index (Phi) is 3.28. The Bertz CT molecular complexity index is 782. The van der Waals surface area contributed by atoms with Gasteiger partial charge in [0.15, 0.2) is 5.78 Å². The first-order chi connectivity index (χ1) is 9.99. The topological polar surface area (TPSA) is 39.1 Å². The second-order valence-corrected chi connectivity index (χ2v) is 5.89. The number of hydrogen-bond donors (Lipinski definition) is 0. The zero-order valence-corrected chi connectivity index (χ0v) is 12.6. The zero-order valence-electron chi connectivity index (χ0n) is 12.6.